The lowest BCUT2D eigenvalue weighted by Gasteiger charge is -2.29. The second kappa shape index (κ2) is 11.2. The summed E-state index contributed by atoms with van der Waals surface area (Å²) < 4.78 is 39.3. The molecule has 0 fully saturated rings. The van der Waals surface area contributed by atoms with E-state index in [2.05, 4.69) is 4.90 Å². The van der Waals surface area contributed by atoms with Gasteiger partial charge in [0.15, 0.2) is 28.8 Å². The average molecular weight is 534 g/mol. The van der Waals surface area contributed by atoms with Gasteiger partial charge in [-0.25, -0.2) is 0 Å². The van der Waals surface area contributed by atoms with Crippen molar-refractivity contribution >= 4 is 11.9 Å². The molecule has 2 aliphatic heterocycles. The zero-order valence-corrected chi connectivity index (χ0v) is 22.7. The lowest BCUT2D eigenvalue weighted by molar-refractivity contribution is 0.0949. The summed E-state index contributed by atoms with van der Waals surface area (Å²) in [5, 5.41) is 0. The number of fused-ring (bicyclic) bond motifs is 3. The molecule has 39 heavy (non-hydrogen) atoms. The maximum atomic E-state index is 13.3. The monoisotopic (exact) mass is 533 g/mol. The number of hydrogen-bond donors (Lipinski definition) is 0. The van der Waals surface area contributed by atoms with E-state index in [1.54, 1.807) is 59.8 Å². The van der Waals surface area contributed by atoms with Gasteiger partial charge in [-0.1, -0.05) is 6.07 Å². The fourth-order valence-electron chi connectivity index (χ4n) is 4.78. The number of Topliss-reactive ketones (excluding diaryl/α,β-unsaturated/α-hetero) is 1. The highest BCUT2D eigenvalue weighted by Crippen LogP contribution is 2.43. The first-order valence-electron chi connectivity index (χ1n) is 12.5. The summed E-state index contributed by atoms with van der Waals surface area (Å²) in [5.41, 5.74) is 3.11. The van der Waals surface area contributed by atoms with Crippen LogP contribution >= 0.6 is 0 Å². The first-order valence-corrected chi connectivity index (χ1v) is 12.5. The summed E-state index contributed by atoms with van der Waals surface area (Å²) in [7, 11) is 7.91. The predicted molar refractivity (Wildman–Crippen MR) is 145 cm³/mol. The van der Waals surface area contributed by atoms with Gasteiger partial charge in [-0.15, -0.1) is 0 Å². The second-order valence-electron chi connectivity index (χ2n) is 9.07. The van der Waals surface area contributed by atoms with Crippen LogP contribution in [0.4, 0.5) is 0 Å². The molecule has 9 nitrogen and oxygen atoms in total. The summed E-state index contributed by atoms with van der Waals surface area (Å²) in [5.74, 6) is 4.21. The predicted octanol–water partition coefficient (Wildman–Crippen LogP) is 4.74. The molecule has 0 amide bonds. The van der Waals surface area contributed by atoms with Gasteiger partial charge in [0.1, 0.15) is 24.0 Å². The average Bonchev–Trinajstić information content (AvgIpc) is 3.30. The largest absolute Gasteiger partial charge is 0.496 e. The van der Waals surface area contributed by atoms with Gasteiger partial charge < -0.3 is 33.2 Å². The van der Waals surface area contributed by atoms with Gasteiger partial charge >= 0.3 is 0 Å². The van der Waals surface area contributed by atoms with Crippen LogP contribution in [0.3, 0.4) is 0 Å². The third-order valence-electron chi connectivity index (χ3n) is 6.87. The molecule has 2 heterocycles. The van der Waals surface area contributed by atoms with Crippen LogP contribution < -0.4 is 33.2 Å². The van der Waals surface area contributed by atoms with Crippen molar-refractivity contribution in [2.75, 3.05) is 48.8 Å². The van der Waals surface area contributed by atoms with E-state index in [-0.39, 0.29) is 11.5 Å². The van der Waals surface area contributed by atoms with Crippen LogP contribution in [0, 0.1) is 0 Å². The van der Waals surface area contributed by atoms with Crippen molar-refractivity contribution in [3.8, 4) is 40.2 Å². The SMILES string of the molecule is COc1cc(OC)c(OC)cc1/C=C1\Oc2c(ccc3c2CN(CCc2ccc(OC)c(OC)c2)CO3)C1=O. The van der Waals surface area contributed by atoms with Gasteiger partial charge in [-0.2, -0.15) is 0 Å². The normalized spacial score (nSPS) is 15.2. The molecule has 0 aromatic heterocycles. The molecule has 0 bridgehead atoms. The van der Waals surface area contributed by atoms with Crippen LogP contribution in [0.5, 0.6) is 40.2 Å². The molecule has 5 rings (SSSR count). The molecule has 0 spiro atoms. The number of ether oxygens (including phenoxy) is 7. The molecule has 3 aromatic carbocycles. The summed E-state index contributed by atoms with van der Waals surface area (Å²) in [6.07, 6.45) is 2.45. The first-order chi connectivity index (χ1) is 19.0. The molecule has 9 heteroatoms. The van der Waals surface area contributed by atoms with E-state index in [9.17, 15) is 4.79 Å². The van der Waals surface area contributed by atoms with Crippen LogP contribution in [0.1, 0.15) is 27.0 Å². The molecule has 0 saturated heterocycles. The molecule has 0 unspecified atom stereocenters. The Hall–Kier alpha value is -4.37. The van der Waals surface area contributed by atoms with Crippen molar-refractivity contribution in [2.24, 2.45) is 0 Å². The first kappa shape index (κ1) is 26.2. The summed E-state index contributed by atoms with van der Waals surface area (Å²) in [4.78, 5) is 15.5. The number of methoxy groups -OCH3 is 5. The number of hydrogen-bond acceptors (Lipinski definition) is 9. The highest BCUT2D eigenvalue weighted by atomic mass is 16.5. The molecule has 0 radical (unpaired) electrons. The molecule has 3 aromatic rings. The van der Waals surface area contributed by atoms with Crippen LogP contribution in [0.25, 0.3) is 6.08 Å². The van der Waals surface area contributed by atoms with Crippen LogP contribution in [-0.2, 0) is 13.0 Å². The fourth-order valence-corrected chi connectivity index (χ4v) is 4.78. The summed E-state index contributed by atoms with van der Waals surface area (Å²) in [6, 6.07) is 13.0. The number of rotatable bonds is 9. The zero-order chi connectivity index (χ0) is 27.5. The molecule has 0 N–H and O–H groups in total. The van der Waals surface area contributed by atoms with E-state index in [0.29, 0.717) is 64.6 Å². The third kappa shape index (κ3) is 5.05. The number of nitrogens with zero attached hydrogens (tertiary/aromatic N) is 1. The lowest BCUT2D eigenvalue weighted by atomic mass is 10.0. The van der Waals surface area contributed by atoms with Gasteiger partial charge in [0.2, 0.25) is 5.78 Å². The van der Waals surface area contributed by atoms with Crippen molar-refractivity contribution in [1.29, 1.82) is 0 Å². The van der Waals surface area contributed by atoms with Crippen molar-refractivity contribution in [2.45, 2.75) is 13.0 Å². The minimum Gasteiger partial charge on any atom is -0.496 e. The third-order valence-corrected chi connectivity index (χ3v) is 6.87. The van der Waals surface area contributed by atoms with Crippen LogP contribution in [-0.4, -0.2) is 59.5 Å². The van der Waals surface area contributed by atoms with E-state index in [4.69, 9.17) is 33.2 Å². The van der Waals surface area contributed by atoms with E-state index in [1.165, 1.54) is 0 Å². The maximum absolute atomic E-state index is 13.3. The fraction of sp³-hybridized carbons (Fsp3) is 0.300. The molecule has 0 aliphatic carbocycles. The topological polar surface area (TPSA) is 84.9 Å². The number of allylic oxidation sites excluding steroid dienone is 1. The maximum Gasteiger partial charge on any atom is 0.231 e. The van der Waals surface area contributed by atoms with Gasteiger partial charge in [0, 0.05) is 24.7 Å². The standard InChI is InChI=1S/C30H31NO8/c1-33-23-8-6-18(12-25(23)35-3)10-11-31-16-21-22(38-17-31)9-7-20-29(32)28(39-30(20)21)14-19-13-26(36-4)27(37-5)15-24(19)34-2/h6-9,12-15H,10-11,16-17H2,1-5H3/b28-14-. The zero-order valence-electron chi connectivity index (χ0n) is 22.7. The highest BCUT2D eigenvalue weighted by molar-refractivity contribution is 6.15. The van der Waals surface area contributed by atoms with Crippen molar-refractivity contribution in [3.63, 3.8) is 0 Å². The van der Waals surface area contributed by atoms with Gasteiger partial charge in [0.05, 0.1) is 46.7 Å². The number of benzene rings is 3. The smallest absolute Gasteiger partial charge is 0.231 e. The number of carbonyl (C=O) groups is 1. The Morgan fingerprint density at radius 3 is 2.23 bits per heavy atom. The second-order valence-corrected chi connectivity index (χ2v) is 9.07. The Kier molecular flexibility index (Phi) is 7.51. The number of ketones is 1. The summed E-state index contributed by atoms with van der Waals surface area (Å²) >= 11 is 0. The highest BCUT2D eigenvalue weighted by Gasteiger charge is 2.34. The van der Waals surface area contributed by atoms with E-state index in [1.807, 2.05) is 24.3 Å². The Morgan fingerprint density at radius 2 is 1.51 bits per heavy atom. The molecular weight excluding hydrogens is 502 g/mol. The van der Waals surface area contributed by atoms with E-state index >= 15 is 0 Å². The molecule has 2 aliphatic rings. The Balaban J connectivity index is 1.37. The van der Waals surface area contributed by atoms with E-state index in [0.717, 1.165) is 24.1 Å². The molecule has 204 valence electrons. The van der Waals surface area contributed by atoms with Crippen LogP contribution in [0.15, 0.2) is 48.2 Å². The van der Waals surface area contributed by atoms with Crippen molar-refractivity contribution in [1.82, 2.24) is 4.90 Å². The molecule has 0 saturated carbocycles. The van der Waals surface area contributed by atoms with Crippen LogP contribution in [0.2, 0.25) is 0 Å². The Morgan fingerprint density at radius 1 is 0.821 bits per heavy atom. The quantitative estimate of drug-likeness (QED) is 0.362. The Bertz CT molecular complexity index is 1430. The number of carbonyl (C=O) groups excluding carboxylic acids is 1. The molecule has 0 atom stereocenters. The minimum absolute atomic E-state index is 0.200. The summed E-state index contributed by atoms with van der Waals surface area (Å²) in [6.45, 7) is 1.78. The Labute approximate surface area is 227 Å². The van der Waals surface area contributed by atoms with Gasteiger partial charge in [-0.3, -0.25) is 9.69 Å². The van der Waals surface area contributed by atoms with E-state index < -0.39 is 0 Å². The van der Waals surface area contributed by atoms with Crippen molar-refractivity contribution < 1.29 is 38.0 Å². The minimum atomic E-state index is -0.202. The van der Waals surface area contributed by atoms with Crippen molar-refractivity contribution in [3.05, 3.63) is 70.5 Å². The molecular formula is C30H31NO8. The lowest BCUT2D eigenvalue weighted by Crippen LogP contribution is -2.33. The van der Waals surface area contributed by atoms with Gasteiger partial charge in [-0.05, 0) is 48.4 Å². The van der Waals surface area contributed by atoms with Gasteiger partial charge in [0.25, 0.3) is 0 Å².